The Labute approximate surface area is 81.1 Å². The second-order valence-corrected chi connectivity index (χ2v) is 2.77. The normalized spacial score (nSPS) is 12.1. The summed E-state index contributed by atoms with van der Waals surface area (Å²) in [6.07, 6.45) is 2.66. The summed E-state index contributed by atoms with van der Waals surface area (Å²) in [6.45, 7) is 3.50. The van der Waals surface area contributed by atoms with Crippen LogP contribution in [-0.4, -0.2) is 16.1 Å². The Hall–Kier alpha value is -1.88. The van der Waals surface area contributed by atoms with Gasteiger partial charge in [-0.1, -0.05) is 6.08 Å². The third-order valence-corrected chi connectivity index (χ3v) is 1.81. The number of rotatable bonds is 3. The number of nitrogens with two attached hydrogens (primary N) is 2. The Bertz CT molecular complexity index is 376. The molecule has 5 nitrogen and oxygen atoms in total. The maximum atomic E-state index is 10.6. The molecule has 5 N–H and O–H groups in total. The maximum absolute atomic E-state index is 10.6. The molecular formula is C9H11N3O2. The van der Waals surface area contributed by atoms with Crippen LogP contribution in [0, 0.1) is 0 Å². The number of hydrogen-bond acceptors (Lipinski definition) is 4. The third kappa shape index (κ3) is 1.89. The molecule has 5 heteroatoms. The van der Waals surface area contributed by atoms with Gasteiger partial charge in [0.1, 0.15) is 5.82 Å². The van der Waals surface area contributed by atoms with Crippen molar-refractivity contribution < 1.29 is 9.90 Å². The van der Waals surface area contributed by atoms with Gasteiger partial charge in [-0.25, -0.2) is 9.78 Å². The molecule has 0 spiro atoms. The van der Waals surface area contributed by atoms with Crippen LogP contribution in [0.4, 0.5) is 5.82 Å². The van der Waals surface area contributed by atoms with E-state index in [1.807, 2.05) is 0 Å². The molecule has 0 saturated heterocycles. The van der Waals surface area contributed by atoms with E-state index in [2.05, 4.69) is 11.6 Å². The van der Waals surface area contributed by atoms with Crippen molar-refractivity contribution in [2.75, 3.05) is 5.73 Å². The van der Waals surface area contributed by atoms with Crippen LogP contribution in [0.1, 0.15) is 22.0 Å². The van der Waals surface area contributed by atoms with Crippen LogP contribution < -0.4 is 11.5 Å². The lowest BCUT2D eigenvalue weighted by Crippen LogP contribution is -2.12. The molecule has 0 unspecified atom stereocenters. The Balaban J connectivity index is 3.20. The first-order valence-electron chi connectivity index (χ1n) is 3.93. The van der Waals surface area contributed by atoms with Crippen molar-refractivity contribution in [3.63, 3.8) is 0 Å². The highest BCUT2D eigenvalue weighted by Gasteiger charge is 2.11. The summed E-state index contributed by atoms with van der Waals surface area (Å²) < 4.78 is 0. The summed E-state index contributed by atoms with van der Waals surface area (Å²) in [5, 5.41) is 8.71. The first-order chi connectivity index (χ1) is 6.56. The fraction of sp³-hybridized carbons (Fsp3) is 0.111. The third-order valence-electron chi connectivity index (χ3n) is 1.81. The SMILES string of the molecule is C=C[C@@H](N)c1cc(C(=O)O)cnc1N. The van der Waals surface area contributed by atoms with Crippen molar-refractivity contribution in [1.82, 2.24) is 4.98 Å². The van der Waals surface area contributed by atoms with E-state index in [1.165, 1.54) is 18.3 Å². The summed E-state index contributed by atoms with van der Waals surface area (Å²) in [6, 6.07) is 0.901. The summed E-state index contributed by atoms with van der Waals surface area (Å²) >= 11 is 0. The number of aromatic carboxylic acids is 1. The lowest BCUT2D eigenvalue weighted by Gasteiger charge is -2.09. The van der Waals surface area contributed by atoms with Crippen molar-refractivity contribution in [2.24, 2.45) is 5.73 Å². The highest BCUT2D eigenvalue weighted by molar-refractivity contribution is 5.87. The second-order valence-electron chi connectivity index (χ2n) is 2.77. The van der Waals surface area contributed by atoms with E-state index in [9.17, 15) is 4.79 Å². The Kier molecular flexibility index (Phi) is 2.83. The lowest BCUT2D eigenvalue weighted by atomic mass is 10.1. The number of anilines is 1. The second kappa shape index (κ2) is 3.89. The number of nitrogen functional groups attached to an aromatic ring is 1. The van der Waals surface area contributed by atoms with Crippen LogP contribution in [0.15, 0.2) is 24.9 Å². The van der Waals surface area contributed by atoms with Crippen molar-refractivity contribution in [3.8, 4) is 0 Å². The minimum Gasteiger partial charge on any atom is -0.478 e. The highest BCUT2D eigenvalue weighted by atomic mass is 16.4. The van der Waals surface area contributed by atoms with Crippen molar-refractivity contribution in [3.05, 3.63) is 36.0 Å². The summed E-state index contributed by atoms with van der Waals surface area (Å²) in [4.78, 5) is 14.4. The van der Waals surface area contributed by atoms with Crippen molar-refractivity contribution >= 4 is 11.8 Å². The zero-order chi connectivity index (χ0) is 10.7. The molecule has 1 rings (SSSR count). The molecule has 0 aliphatic rings. The number of nitrogens with zero attached hydrogens (tertiary/aromatic N) is 1. The van der Waals surface area contributed by atoms with E-state index in [0.29, 0.717) is 5.56 Å². The first-order valence-corrected chi connectivity index (χ1v) is 3.93. The van der Waals surface area contributed by atoms with Crippen molar-refractivity contribution in [2.45, 2.75) is 6.04 Å². The van der Waals surface area contributed by atoms with Gasteiger partial charge >= 0.3 is 5.97 Å². The van der Waals surface area contributed by atoms with E-state index >= 15 is 0 Å². The molecule has 1 aromatic rings. The van der Waals surface area contributed by atoms with E-state index < -0.39 is 12.0 Å². The van der Waals surface area contributed by atoms with Crippen LogP contribution in [0.2, 0.25) is 0 Å². The molecule has 0 amide bonds. The molecule has 0 saturated carbocycles. The van der Waals surface area contributed by atoms with Crippen LogP contribution in [0.3, 0.4) is 0 Å². The summed E-state index contributed by atoms with van der Waals surface area (Å²) in [5.41, 5.74) is 11.7. The monoisotopic (exact) mass is 193 g/mol. The molecule has 14 heavy (non-hydrogen) atoms. The molecule has 0 aromatic carbocycles. The molecule has 0 aliphatic heterocycles. The molecule has 1 aromatic heterocycles. The Morgan fingerprint density at radius 1 is 1.71 bits per heavy atom. The van der Waals surface area contributed by atoms with Gasteiger partial charge in [0.05, 0.1) is 11.6 Å². The van der Waals surface area contributed by atoms with Crippen LogP contribution in [0.25, 0.3) is 0 Å². The molecule has 1 heterocycles. The number of carboxylic acid groups (broad SMARTS) is 1. The van der Waals surface area contributed by atoms with Gasteiger partial charge in [-0.2, -0.15) is 0 Å². The van der Waals surface area contributed by atoms with Crippen LogP contribution in [0.5, 0.6) is 0 Å². The summed E-state index contributed by atoms with van der Waals surface area (Å²) in [7, 11) is 0. The molecule has 0 radical (unpaired) electrons. The van der Waals surface area contributed by atoms with Crippen LogP contribution in [-0.2, 0) is 0 Å². The van der Waals surface area contributed by atoms with Crippen LogP contribution >= 0.6 is 0 Å². The largest absolute Gasteiger partial charge is 0.478 e. The number of aromatic nitrogens is 1. The quantitative estimate of drug-likeness (QED) is 0.608. The molecule has 0 fully saturated rings. The standard InChI is InChI=1S/C9H11N3O2/c1-2-7(10)6-3-5(9(13)14)4-12-8(6)11/h2-4,7H,1,10H2,(H2,11,12)(H,13,14)/t7-/m1/s1. The number of carboxylic acids is 1. The molecule has 0 aliphatic carbocycles. The highest BCUT2D eigenvalue weighted by Crippen LogP contribution is 2.18. The van der Waals surface area contributed by atoms with Crippen molar-refractivity contribution in [1.29, 1.82) is 0 Å². The van der Waals surface area contributed by atoms with E-state index in [4.69, 9.17) is 16.6 Å². The first kappa shape index (κ1) is 10.2. The number of carbonyl (C=O) groups is 1. The van der Waals surface area contributed by atoms with Gasteiger partial charge in [0.15, 0.2) is 0 Å². The fourth-order valence-electron chi connectivity index (χ4n) is 1.00. The van der Waals surface area contributed by atoms with Gasteiger partial charge in [-0.05, 0) is 6.07 Å². The Morgan fingerprint density at radius 3 is 2.86 bits per heavy atom. The number of pyridine rings is 1. The zero-order valence-corrected chi connectivity index (χ0v) is 7.47. The van der Waals surface area contributed by atoms with Gasteiger partial charge < -0.3 is 16.6 Å². The smallest absolute Gasteiger partial charge is 0.337 e. The molecule has 1 atom stereocenters. The van der Waals surface area contributed by atoms with Gasteiger partial charge in [0.2, 0.25) is 0 Å². The average Bonchev–Trinajstić information content (AvgIpc) is 2.17. The minimum absolute atomic E-state index is 0.0616. The predicted octanol–water partition coefficient (Wildman–Crippen LogP) is 0.548. The van der Waals surface area contributed by atoms with E-state index in [1.54, 1.807) is 0 Å². The van der Waals surface area contributed by atoms with Gasteiger partial charge in [0, 0.05) is 11.8 Å². The molecule has 74 valence electrons. The van der Waals surface area contributed by atoms with E-state index in [0.717, 1.165) is 0 Å². The van der Waals surface area contributed by atoms with Gasteiger partial charge in [0.25, 0.3) is 0 Å². The summed E-state index contributed by atoms with van der Waals surface area (Å²) in [5.74, 6) is -0.836. The minimum atomic E-state index is -1.06. The zero-order valence-electron chi connectivity index (χ0n) is 7.47. The van der Waals surface area contributed by atoms with Gasteiger partial charge in [-0.3, -0.25) is 0 Å². The van der Waals surface area contributed by atoms with Gasteiger partial charge in [-0.15, -0.1) is 6.58 Å². The maximum Gasteiger partial charge on any atom is 0.337 e. The fourth-order valence-corrected chi connectivity index (χ4v) is 1.00. The van der Waals surface area contributed by atoms with E-state index in [-0.39, 0.29) is 11.4 Å². The number of hydrogen-bond donors (Lipinski definition) is 3. The molecule has 0 bridgehead atoms. The predicted molar refractivity (Wildman–Crippen MR) is 52.7 cm³/mol. The Morgan fingerprint density at radius 2 is 2.36 bits per heavy atom. The topological polar surface area (TPSA) is 102 Å². The lowest BCUT2D eigenvalue weighted by molar-refractivity contribution is 0.0696. The average molecular weight is 193 g/mol. The molecular weight excluding hydrogens is 182 g/mol.